The Hall–Kier alpha value is -1.60. The molecule has 0 bridgehead atoms. The molecule has 0 aliphatic carbocycles. The molecule has 2 aromatic rings. The van der Waals surface area contributed by atoms with Crippen LogP contribution in [-0.4, -0.2) is 24.1 Å². The van der Waals surface area contributed by atoms with E-state index in [2.05, 4.69) is 4.74 Å². The fourth-order valence-corrected chi connectivity index (χ4v) is 3.44. The van der Waals surface area contributed by atoms with Crippen LogP contribution in [0, 0.1) is 0 Å². The number of rotatable bonds is 2. The second-order valence-corrected chi connectivity index (χ2v) is 5.04. The van der Waals surface area contributed by atoms with E-state index in [0.29, 0.717) is 14.3 Å². The van der Waals surface area contributed by atoms with E-state index < -0.39 is 11.9 Å². The third kappa shape index (κ3) is 1.54. The number of aromatic hydroxyl groups is 1. The van der Waals surface area contributed by atoms with Crippen LogP contribution >= 0.6 is 22.7 Å². The van der Waals surface area contributed by atoms with Gasteiger partial charge < -0.3 is 15.6 Å². The summed E-state index contributed by atoms with van der Waals surface area (Å²) in [6, 6.07) is 1.57. The van der Waals surface area contributed by atoms with Crippen molar-refractivity contribution in [2.24, 2.45) is 5.73 Å². The number of carbonyl (C=O) groups is 2. The maximum absolute atomic E-state index is 11.2. The van der Waals surface area contributed by atoms with E-state index in [1.54, 1.807) is 6.07 Å². The van der Waals surface area contributed by atoms with Crippen molar-refractivity contribution >= 4 is 43.9 Å². The molecule has 0 fully saturated rings. The lowest BCUT2D eigenvalue weighted by atomic mass is 10.4. The van der Waals surface area contributed by atoms with Crippen molar-refractivity contribution in [1.82, 2.24) is 0 Å². The first-order valence-corrected chi connectivity index (χ1v) is 5.81. The van der Waals surface area contributed by atoms with E-state index in [0.717, 1.165) is 22.7 Å². The van der Waals surface area contributed by atoms with Crippen molar-refractivity contribution in [3.8, 4) is 5.75 Å². The Morgan fingerprint density at radius 1 is 1.44 bits per heavy atom. The van der Waals surface area contributed by atoms with Crippen molar-refractivity contribution in [2.45, 2.75) is 0 Å². The Balaban J connectivity index is 2.58. The predicted octanol–water partition coefficient (Wildman–Crippen LogP) is 1.55. The van der Waals surface area contributed by atoms with Crippen LogP contribution in [0.4, 0.5) is 0 Å². The predicted molar refractivity (Wildman–Crippen MR) is 61.2 cm³/mol. The van der Waals surface area contributed by atoms with Crippen molar-refractivity contribution in [1.29, 1.82) is 0 Å². The lowest BCUT2D eigenvalue weighted by molar-refractivity contribution is 0.0606. The van der Waals surface area contributed by atoms with Crippen LogP contribution < -0.4 is 5.73 Å². The lowest BCUT2D eigenvalue weighted by Crippen LogP contribution is -2.08. The first kappa shape index (κ1) is 10.9. The highest BCUT2D eigenvalue weighted by Gasteiger charge is 2.20. The number of esters is 1. The van der Waals surface area contributed by atoms with Gasteiger partial charge in [-0.2, -0.15) is 0 Å². The lowest BCUT2D eigenvalue weighted by Gasteiger charge is -1.92. The third-order valence-corrected chi connectivity index (χ3v) is 4.34. The van der Waals surface area contributed by atoms with Crippen LogP contribution in [0.25, 0.3) is 9.40 Å². The molecule has 0 spiro atoms. The van der Waals surface area contributed by atoms with Crippen LogP contribution in [0.1, 0.15) is 19.3 Å². The van der Waals surface area contributed by atoms with E-state index in [-0.39, 0.29) is 10.6 Å². The number of carbonyl (C=O) groups excluding carboxylic acids is 2. The smallest absolute Gasteiger partial charge is 0.348 e. The summed E-state index contributed by atoms with van der Waals surface area (Å²) in [7, 11) is 1.28. The summed E-state index contributed by atoms with van der Waals surface area (Å²) in [5.41, 5.74) is 5.09. The molecule has 1 amide bonds. The van der Waals surface area contributed by atoms with Gasteiger partial charge in [0.15, 0.2) is 5.75 Å². The van der Waals surface area contributed by atoms with Crippen molar-refractivity contribution < 1.29 is 19.4 Å². The molecular weight excluding hydrogens is 250 g/mol. The average molecular weight is 257 g/mol. The molecule has 2 rings (SSSR count). The van der Waals surface area contributed by atoms with Crippen LogP contribution in [0.15, 0.2) is 6.07 Å². The van der Waals surface area contributed by atoms with Gasteiger partial charge in [-0.3, -0.25) is 4.79 Å². The molecule has 0 unspecified atom stereocenters. The minimum atomic E-state index is -0.675. The fraction of sp³-hybridized carbons (Fsp3) is 0.111. The molecule has 0 saturated heterocycles. The standard InChI is InChI=1S/C9H7NO4S2/c1-14-9(13)4-2-3-6(16-4)5(11)7(15-3)8(10)12/h2,11H,1H3,(H2,10,12). The van der Waals surface area contributed by atoms with Crippen LogP contribution in [0.5, 0.6) is 5.75 Å². The maximum atomic E-state index is 11.2. The summed E-state index contributed by atoms with van der Waals surface area (Å²) in [5.74, 6) is -1.30. The van der Waals surface area contributed by atoms with Gasteiger partial charge in [0, 0.05) is 0 Å². The van der Waals surface area contributed by atoms with E-state index in [1.165, 1.54) is 7.11 Å². The van der Waals surface area contributed by atoms with E-state index in [9.17, 15) is 14.7 Å². The van der Waals surface area contributed by atoms with Gasteiger partial charge in [0.1, 0.15) is 9.75 Å². The molecule has 3 N–H and O–H groups in total. The van der Waals surface area contributed by atoms with E-state index >= 15 is 0 Å². The molecule has 5 nitrogen and oxygen atoms in total. The summed E-state index contributed by atoms with van der Waals surface area (Å²) in [4.78, 5) is 22.7. The van der Waals surface area contributed by atoms with Crippen LogP contribution in [-0.2, 0) is 4.74 Å². The fourth-order valence-electron chi connectivity index (χ4n) is 1.24. The molecule has 0 aromatic carbocycles. The highest BCUT2D eigenvalue weighted by molar-refractivity contribution is 7.30. The number of nitrogens with two attached hydrogens (primary N) is 1. The Bertz CT molecular complexity index is 584. The highest BCUT2D eigenvalue weighted by Crippen LogP contribution is 2.42. The summed E-state index contributed by atoms with van der Waals surface area (Å²) < 4.78 is 5.69. The zero-order valence-electron chi connectivity index (χ0n) is 8.14. The molecular formula is C9H7NO4S2. The van der Waals surface area contributed by atoms with Gasteiger partial charge in [-0.25, -0.2) is 4.79 Å². The largest absolute Gasteiger partial charge is 0.505 e. The number of methoxy groups -OCH3 is 1. The number of hydrogen-bond donors (Lipinski definition) is 2. The maximum Gasteiger partial charge on any atom is 0.348 e. The Morgan fingerprint density at radius 2 is 2.12 bits per heavy atom. The van der Waals surface area contributed by atoms with Crippen LogP contribution in [0.2, 0.25) is 0 Å². The molecule has 84 valence electrons. The number of fused-ring (bicyclic) bond motifs is 1. The Kier molecular flexibility index (Phi) is 2.56. The zero-order chi connectivity index (χ0) is 11.9. The number of primary amides is 1. The second-order valence-electron chi connectivity index (χ2n) is 2.94. The average Bonchev–Trinajstić information content (AvgIpc) is 2.77. The molecule has 2 aromatic heterocycles. The number of hydrogen-bond acceptors (Lipinski definition) is 6. The monoisotopic (exact) mass is 257 g/mol. The molecule has 0 atom stereocenters. The molecule has 16 heavy (non-hydrogen) atoms. The van der Waals surface area contributed by atoms with Crippen molar-refractivity contribution in [3.63, 3.8) is 0 Å². The first-order valence-electron chi connectivity index (χ1n) is 4.18. The highest BCUT2D eigenvalue weighted by atomic mass is 32.1. The van der Waals surface area contributed by atoms with Gasteiger partial charge in [0.05, 0.1) is 16.5 Å². The molecule has 7 heteroatoms. The van der Waals surface area contributed by atoms with Gasteiger partial charge in [0.2, 0.25) is 0 Å². The minimum absolute atomic E-state index is 0.109. The van der Waals surface area contributed by atoms with Gasteiger partial charge in [0.25, 0.3) is 5.91 Å². The molecule has 2 heterocycles. The second kappa shape index (κ2) is 3.76. The summed E-state index contributed by atoms with van der Waals surface area (Å²) in [6.07, 6.45) is 0. The third-order valence-electron chi connectivity index (χ3n) is 1.95. The number of ether oxygens (including phenoxy) is 1. The SMILES string of the molecule is COC(=O)c1cc2sc(C(N)=O)c(O)c2s1. The molecule has 0 aliphatic heterocycles. The van der Waals surface area contributed by atoms with Gasteiger partial charge >= 0.3 is 5.97 Å². The van der Waals surface area contributed by atoms with Gasteiger partial charge in [-0.15, -0.1) is 22.7 Å². The van der Waals surface area contributed by atoms with Crippen LogP contribution in [0.3, 0.4) is 0 Å². The summed E-state index contributed by atoms with van der Waals surface area (Å²) in [5, 5.41) is 9.70. The topological polar surface area (TPSA) is 89.6 Å². The van der Waals surface area contributed by atoms with Gasteiger partial charge in [-0.05, 0) is 6.07 Å². The molecule has 0 saturated carbocycles. The number of thiophene rings is 2. The summed E-state index contributed by atoms with van der Waals surface area (Å²) in [6.45, 7) is 0. The Labute approximate surface area is 98.1 Å². The Morgan fingerprint density at radius 3 is 2.62 bits per heavy atom. The molecule has 0 aliphatic rings. The zero-order valence-corrected chi connectivity index (χ0v) is 9.78. The molecule has 0 radical (unpaired) electrons. The van der Waals surface area contributed by atoms with E-state index in [1.807, 2.05) is 0 Å². The summed E-state index contributed by atoms with van der Waals surface area (Å²) >= 11 is 2.13. The first-order chi connectivity index (χ1) is 7.54. The van der Waals surface area contributed by atoms with E-state index in [4.69, 9.17) is 5.73 Å². The van der Waals surface area contributed by atoms with Gasteiger partial charge in [-0.1, -0.05) is 0 Å². The minimum Gasteiger partial charge on any atom is -0.505 e. The number of amides is 1. The normalized spacial score (nSPS) is 10.6. The van der Waals surface area contributed by atoms with Crippen molar-refractivity contribution in [2.75, 3.05) is 7.11 Å². The van der Waals surface area contributed by atoms with Crippen molar-refractivity contribution in [3.05, 3.63) is 15.8 Å². The quantitative estimate of drug-likeness (QED) is 0.799.